The number of nitrogens with zero attached hydrogens (tertiary/aromatic N) is 2. The molecule has 122 valence electrons. The number of rotatable bonds is 2. The van der Waals surface area contributed by atoms with E-state index in [-0.39, 0.29) is 15.9 Å². The quantitative estimate of drug-likeness (QED) is 0.572. The van der Waals surface area contributed by atoms with Crippen molar-refractivity contribution in [2.45, 2.75) is 6.92 Å². The summed E-state index contributed by atoms with van der Waals surface area (Å²) < 4.78 is 13.0. The van der Waals surface area contributed by atoms with Crippen LogP contribution in [0.5, 0.6) is 5.88 Å². The van der Waals surface area contributed by atoms with Gasteiger partial charge in [0.2, 0.25) is 5.88 Å². The molecule has 1 aliphatic rings. The molecule has 0 spiro atoms. The molecule has 2 heterocycles. The fourth-order valence-electron chi connectivity index (χ4n) is 2.20. The van der Waals surface area contributed by atoms with Crippen molar-refractivity contribution in [1.82, 2.24) is 9.97 Å². The maximum Gasteiger partial charge on any atom is 0.280 e. The average Bonchev–Trinajstić information content (AvgIpc) is 2.79. The van der Waals surface area contributed by atoms with E-state index in [1.165, 1.54) is 30.3 Å². The largest absolute Gasteiger partial charge is 0.494 e. The van der Waals surface area contributed by atoms with E-state index in [2.05, 4.69) is 15.1 Å². The standard InChI is InChI=1S/C15H11FN4O3S/c1-7-10(6-11-12(21)17-15(24)18-13(11)22)14(23)20(19-7)9-4-2-8(16)3-5-9/h2-6H,1H3,(H3,17,18,21,22,24)/b10-6-. The normalized spacial score (nSPS) is 15.9. The summed E-state index contributed by atoms with van der Waals surface area (Å²) in [5.41, 5.74) is 0.0954. The van der Waals surface area contributed by atoms with E-state index >= 15 is 0 Å². The van der Waals surface area contributed by atoms with Crippen molar-refractivity contribution in [1.29, 1.82) is 0 Å². The van der Waals surface area contributed by atoms with Crippen LogP contribution in [-0.4, -0.2) is 26.7 Å². The van der Waals surface area contributed by atoms with Gasteiger partial charge in [0.25, 0.3) is 11.5 Å². The number of aromatic nitrogens is 2. The highest BCUT2D eigenvalue weighted by atomic mass is 32.1. The van der Waals surface area contributed by atoms with Crippen LogP contribution < -0.4 is 10.6 Å². The number of aromatic hydroxyl groups is 1. The molecule has 24 heavy (non-hydrogen) atoms. The number of carbonyl (C=O) groups excluding carboxylic acids is 1. The zero-order chi connectivity index (χ0) is 17.4. The number of nitrogens with one attached hydrogen (secondary N) is 2. The number of anilines is 1. The van der Waals surface area contributed by atoms with Gasteiger partial charge in [-0.2, -0.15) is 10.1 Å². The Balaban J connectivity index is 2.04. The number of hydrazone groups is 1. The molecule has 0 saturated heterocycles. The predicted octanol–water partition coefficient (Wildman–Crippen LogP) is 2.08. The highest BCUT2D eigenvalue weighted by molar-refractivity contribution is 7.71. The Labute approximate surface area is 139 Å². The minimum absolute atomic E-state index is 0.0317. The van der Waals surface area contributed by atoms with E-state index in [1.807, 2.05) is 0 Å². The Morgan fingerprint density at radius 1 is 1.25 bits per heavy atom. The Bertz CT molecular complexity index is 1000. The van der Waals surface area contributed by atoms with Crippen LogP contribution in [0.1, 0.15) is 12.5 Å². The second-order valence-electron chi connectivity index (χ2n) is 5.01. The lowest BCUT2D eigenvalue weighted by atomic mass is 10.1. The first-order valence-corrected chi connectivity index (χ1v) is 7.20. The lowest BCUT2D eigenvalue weighted by Crippen LogP contribution is -2.21. The molecular formula is C15H11FN4O3S. The van der Waals surface area contributed by atoms with Crippen LogP contribution in [0.4, 0.5) is 10.1 Å². The molecule has 9 heteroatoms. The third-order valence-electron chi connectivity index (χ3n) is 3.38. The van der Waals surface area contributed by atoms with Crippen molar-refractivity contribution in [3.63, 3.8) is 0 Å². The molecule has 0 radical (unpaired) electrons. The van der Waals surface area contributed by atoms with Gasteiger partial charge in [0.15, 0.2) is 4.77 Å². The molecule has 1 aliphatic heterocycles. The maximum absolute atomic E-state index is 13.0. The Kier molecular flexibility index (Phi) is 3.86. The number of carbonyl (C=O) groups is 1. The zero-order valence-electron chi connectivity index (χ0n) is 12.3. The number of benzene rings is 1. The van der Waals surface area contributed by atoms with E-state index in [4.69, 9.17) is 12.2 Å². The third kappa shape index (κ3) is 2.76. The van der Waals surface area contributed by atoms with Crippen molar-refractivity contribution in [3.05, 3.63) is 56.3 Å². The van der Waals surface area contributed by atoms with E-state index in [0.29, 0.717) is 11.4 Å². The van der Waals surface area contributed by atoms with Crippen LogP contribution in [0.3, 0.4) is 0 Å². The fourth-order valence-corrected chi connectivity index (χ4v) is 2.39. The van der Waals surface area contributed by atoms with Gasteiger partial charge in [0.05, 0.1) is 17.0 Å². The van der Waals surface area contributed by atoms with E-state index in [0.717, 1.165) is 5.01 Å². The van der Waals surface area contributed by atoms with Crippen molar-refractivity contribution >= 4 is 35.6 Å². The minimum Gasteiger partial charge on any atom is -0.494 e. The summed E-state index contributed by atoms with van der Waals surface area (Å²) in [5.74, 6) is -1.38. The number of amides is 1. The summed E-state index contributed by atoms with van der Waals surface area (Å²) in [6.45, 7) is 1.59. The van der Waals surface area contributed by atoms with Crippen molar-refractivity contribution in [2.75, 3.05) is 5.01 Å². The Morgan fingerprint density at radius 2 is 1.92 bits per heavy atom. The second kappa shape index (κ2) is 5.85. The first-order valence-electron chi connectivity index (χ1n) is 6.79. The van der Waals surface area contributed by atoms with Crippen molar-refractivity contribution < 1.29 is 14.3 Å². The fraction of sp³-hybridized carbons (Fsp3) is 0.0667. The highest BCUT2D eigenvalue weighted by Crippen LogP contribution is 2.25. The smallest absolute Gasteiger partial charge is 0.280 e. The van der Waals surface area contributed by atoms with Gasteiger partial charge in [-0.25, -0.2) is 4.39 Å². The lowest BCUT2D eigenvalue weighted by Gasteiger charge is -2.11. The Morgan fingerprint density at radius 3 is 2.54 bits per heavy atom. The molecule has 0 unspecified atom stereocenters. The van der Waals surface area contributed by atoms with Crippen LogP contribution in [0.15, 0.2) is 39.7 Å². The van der Waals surface area contributed by atoms with Crippen molar-refractivity contribution in [3.8, 4) is 5.88 Å². The molecule has 1 amide bonds. The molecule has 3 N–H and O–H groups in total. The third-order valence-corrected chi connectivity index (χ3v) is 3.59. The first kappa shape index (κ1) is 15.8. The van der Waals surface area contributed by atoms with Gasteiger partial charge in [-0.05, 0) is 49.5 Å². The predicted molar refractivity (Wildman–Crippen MR) is 88.9 cm³/mol. The number of H-pyrrole nitrogens is 2. The van der Waals surface area contributed by atoms with Gasteiger partial charge in [-0.3, -0.25) is 14.6 Å². The van der Waals surface area contributed by atoms with Crippen LogP contribution in [0, 0.1) is 10.6 Å². The SMILES string of the molecule is CC1=NN(c2ccc(F)cc2)C(=O)/C1=C\c1c(O)[nH]c(=S)[nH]c1=O. The van der Waals surface area contributed by atoms with Gasteiger partial charge in [0.1, 0.15) is 11.4 Å². The summed E-state index contributed by atoms with van der Waals surface area (Å²) in [6.07, 6.45) is 1.23. The van der Waals surface area contributed by atoms with Gasteiger partial charge >= 0.3 is 0 Å². The minimum atomic E-state index is -0.635. The molecule has 0 aliphatic carbocycles. The zero-order valence-corrected chi connectivity index (χ0v) is 13.1. The molecule has 0 fully saturated rings. The Hall–Kier alpha value is -3.07. The summed E-state index contributed by atoms with van der Waals surface area (Å²) in [7, 11) is 0. The molecule has 0 bridgehead atoms. The summed E-state index contributed by atoms with van der Waals surface area (Å²) in [6, 6.07) is 5.25. The summed E-state index contributed by atoms with van der Waals surface area (Å²) in [5, 5.41) is 15.0. The monoisotopic (exact) mass is 346 g/mol. The molecule has 0 atom stereocenters. The molecule has 2 aromatic rings. The molecule has 7 nitrogen and oxygen atoms in total. The van der Waals surface area contributed by atoms with E-state index in [1.54, 1.807) is 6.92 Å². The molecule has 0 saturated carbocycles. The molecule has 1 aromatic heterocycles. The van der Waals surface area contributed by atoms with Crippen molar-refractivity contribution in [2.24, 2.45) is 5.10 Å². The highest BCUT2D eigenvalue weighted by Gasteiger charge is 2.29. The first-order chi connectivity index (χ1) is 11.4. The van der Waals surface area contributed by atoms with Crippen LogP contribution in [-0.2, 0) is 4.79 Å². The van der Waals surface area contributed by atoms with Gasteiger partial charge < -0.3 is 10.1 Å². The average molecular weight is 346 g/mol. The molecular weight excluding hydrogens is 335 g/mol. The number of aromatic amines is 2. The molecule has 1 aromatic carbocycles. The molecule has 3 rings (SSSR count). The topological polar surface area (TPSA) is 102 Å². The summed E-state index contributed by atoms with van der Waals surface area (Å²) in [4.78, 5) is 29.1. The number of hydrogen-bond acceptors (Lipinski definition) is 5. The second-order valence-corrected chi connectivity index (χ2v) is 5.42. The van der Waals surface area contributed by atoms with Crippen LogP contribution >= 0.6 is 12.2 Å². The number of halogens is 1. The van der Waals surface area contributed by atoms with Crippen LogP contribution in [0.2, 0.25) is 0 Å². The van der Waals surface area contributed by atoms with Gasteiger partial charge in [-0.1, -0.05) is 0 Å². The van der Waals surface area contributed by atoms with Gasteiger partial charge in [-0.15, -0.1) is 0 Å². The van der Waals surface area contributed by atoms with Gasteiger partial charge in [0, 0.05) is 0 Å². The lowest BCUT2D eigenvalue weighted by molar-refractivity contribution is -0.114. The number of hydrogen-bond donors (Lipinski definition) is 3. The van der Waals surface area contributed by atoms with Crippen LogP contribution in [0.25, 0.3) is 6.08 Å². The van der Waals surface area contributed by atoms with E-state index < -0.39 is 23.2 Å². The van der Waals surface area contributed by atoms with E-state index in [9.17, 15) is 19.1 Å². The summed E-state index contributed by atoms with van der Waals surface area (Å²) >= 11 is 4.75. The maximum atomic E-state index is 13.0.